The zero-order valence-electron chi connectivity index (χ0n) is 18.2. The van der Waals surface area contributed by atoms with Crippen molar-refractivity contribution in [2.75, 3.05) is 13.6 Å². The van der Waals surface area contributed by atoms with E-state index in [9.17, 15) is 27.6 Å². The van der Waals surface area contributed by atoms with Gasteiger partial charge in [0.15, 0.2) is 0 Å². The number of benzene rings is 2. The van der Waals surface area contributed by atoms with E-state index in [2.05, 4.69) is 21.7 Å². The Morgan fingerprint density at radius 2 is 1.76 bits per heavy atom. The molecule has 2 atom stereocenters. The van der Waals surface area contributed by atoms with Crippen LogP contribution in [0.1, 0.15) is 46.3 Å². The van der Waals surface area contributed by atoms with Gasteiger partial charge in [-0.05, 0) is 60.0 Å². The molecule has 0 aliphatic carbocycles. The van der Waals surface area contributed by atoms with E-state index < -0.39 is 23.7 Å². The summed E-state index contributed by atoms with van der Waals surface area (Å²) in [5.41, 5.74) is 1.28. The van der Waals surface area contributed by atoms with Crippen molar-refractivity contribution >= 4 is 5.91 Å². The van der Waals surface area contributed by atoms with Crippen molar-refractivity contribution in [1.82, 2.24) is 15.6 Å². The van der Waals surface area contributed by atoms with Gasteiger partial charge in [0.2, 0.25) is 5.91 Å². The Balaban J connectivity index is 1.85. The Morgan fingerprint density at radius 1 is 1.06 bits per heavy atom. The highest BCUT2D eigenvalue weighted by molar-refractivity contribution is 5.82. The molecule has 2 N–H and O–H groups in total. The van der Waals surface area contributed by atoms with Crippen LogP contribution in [0.4, 0.5) is 17.6 Å². The van der Waals surface area contributed by atoms with Gasteiger partial charge in [-0.25, -0.2) is 4.39 Å². The van der Waals surface area contributed by atoms with Gasteiger partial charge in [0.1, 0.15) is 17.6 Å². The summed E-state index contributed by atoms with van der Waals surface area (Å²) in [7, 11) is 1.49. The number of carbonyl (C=O) groups is 1. The number of nitriles is 1. The first-order chi connectivity index (χ1) is 16.2. The first-order valence-electron chi connectivity index (χ1n) is 10.5. The molecule has 176 valence electrons. The largest absolute Gasteiger partial charge is 0.433 e. The van der Waals surface area contributed by atoms with Crippen LogP contribution in [0.5, 0.6) is 0 Å². The lowest BCUT2D eigenvalue weighted by atomic mass is 9.88. The molecule has 0 aliphatic heterocycles. The van der Waals surface area contributed by atoms with E-state index in [0.29, 0.717) is 29.7 Å². The van der Waals surface area contributed by atoms with Gasteiger partial charge >= 0.3 is 6.18 Å². The number of halogens is 4. The van der Waals surface area contributed by atoms with Gasteiger partial charge in [0, 0.05) is 19.2 Å². The molecule has 34 heavy (non-hydrogen) atoms. The number of hydrogen-bond donors (Lipinski definition) is 2. The highest BCUT2D eigenvalue weighted by Gasteiger charge is 2.32. The Hall–Kier alpha value is -3.77. The van der Waals surface area contributed by atoms with Gasteiger partial charge in [-0.3, -0.25) is 9.78 Å². The predicted molar refractivity (Wildman–Crippen MR) is 118 cm³/mol. The zero-order valence-corrected chi connectivity index (χ0v) is 18.2. The van der Waals surface area contributed by atoms with Crippen molar-refractivity contribution in [1.29, 1.82) is 5.26 Å². The third kappa shape index (κ3) is 6.17. The van der Waals surface area contributed by atoms with Crippen LogP contribution in [-0.2, 0) is 11.0 Å². The molecule has 0 radical (unpaired) electrons. The number of carbonyl (C=O) groups excluding carboxylic acids is 1. The first kappa shape index (κ1) is 24.9. The van der Waals surface area contributed by atoms with E-state index in [1.165, 1.54) is 43.6 Å². The molecular weight excluding hydrogens is 448 g/mol. The normalized spacial score (nSPS) is 13.1. The van der Waals surface area contributed by atoms with Gasteiger partial charge in [0.25, 0.3) is 0 Å². The molecule has 0 fully saturated rings. The molecule has 0 bridgehead atoms. The van der Waals surface area contributed by atoms with Crippen molar-refractivity contribution in [2.24, 2.45) is 0 Å². The lowest BCUT2D eigenvalue weighted by molar-refractivity contribution is -0.141. The average molecular weight is 470 g/mol. The summed E-state index contributed by atoms with van der Waals surface area (Å²) in [5, 5.41) is 15.0. The fraction of sp³-hybridized carbons (Fsp3) is 0.240. The highest BCUT2D eigenvalue weighted by atomic mass is 19.4. The van der Waals surface area contributed by atoms with E-state index in [4.69, 9.17) is 0 Å². The maximum atomic E-state index is 13.3. The lowest BCUT2D eigenvalue weighted by Gasteiger charge is -2.22. The average Bonchev–Trinajstić information content (AvgIpc) is 2.84. The van der Waals surface area contributed by atoms with E-state index in [1.54, 1.807) is 24.3 Å². The van der Waals surface area contributed by atoms with E-state index in [1.807, 2.05) is 0 Å². The first-order valence-corrected chi connectivity index (χ1v) is 10.5. The summed E-state index contributed by atoms with van der Waals surface area (Å²) in [5.74, 6) is -1.12. The van der Waals surface area contributed by atoms with E-state index in [-0.39, 0.29) is 11.8 Å². The third-order valence-electron chi connectivity index (χ3n) is 5.39. The van der Waals surface area contributed by atoms with E-state index >= 15 is 0 Å². The predicted octanol–water partition coefficient (Wildman–Crippen LogP) is 4.71. The molecule has 1 amide bonds. The van der Waals surface area contributed by atoms with Crippen LogP contribution in [-0.4, -0.2) is 24.5 Å². The second-order valence-corrected chi connectivity index (χ2v) is 7.61. The number of nitrogens with one attached hydrogen (secondary N) is 2. The fourth-order valence-electron chi connectivity index (χ4n) is 3.66. The summed E-state index contributed by atoms with van der Waals surface area (Å²) in [6, 6.07) is 16.0. The number of likely N-dealkylation sites (N-methyl/N-ethyl adjacent to an activating group) is 1. The van der Waals surface area contributed by atoms with Crippen molar-refractivity contribution in [3.8, 4) is 6.07 Å². The minimum atomic E-state index is -4.55. The smallest absolute Gasteiger partial charge is 0.358 e. The molecule has 3 rings (SSSR count). The third-order valence-corrected chi connectivity index (χ3v) is 5.39. The maximum Gasteiger partial charge on any atom is 0.433 e. The molecule has 2 aromatic carbocycles. The fourth-order valence-corrected chi connectivity index (χ4v) is 3.66. The second-order valence-electron chi connectivity index (χ2n) is 7.61. The standard InChI is InChI=1S/C25H22F4N4O/c1-31-24(34)23(17-5-8-20(26)9-6-17)32-12-11-21(18-4-2-3-16(13-18)14-30)19-7-10-22(33-15-19)25(27,28)29/h2-10,13,15,21,23,32H,11-12H2,1H3,(H,31,34)/t21-,23-/m1/s1. The Morgan fingerprint density at radius 3 is 2.35 bits per heavy atom. The zero-order chi connectivity index (χ0) is 24.7. The minimum absolute atomic E-state index is 0.304. The summed E-state index contributed by atoms with van der Waals surface area (Å²) >= 11 is 0. The second kappa shape index (κ2) is 10.9. The summed E-state index contributed by atoms with van der Waals surface area (Å²) in [6.45, 7) is 0.304. The SMILES string of the molecule is CNC(=O)[C@H](NCC[C@@H](c1ccc(C(F)(F)F)nc1)c1cccc(C#N)c1)c1ccc(F)cc1. The van der Waals surface area contributed by atoms with E-state index in [0.717, 1.165) is 11.6 Å². The molecule has 0 spiro atoms. The quantitative estimate of drug-likeness (QED) is 0.468. The number of alkyl halides is 3. The molecule has 0 aliphatic rings. The van der Waals surface area contributed by atoms with Crippen LogP contribution < -0.4 is 10.6 Å². The number of nitrogens with zero attached hydrogens (tertiary/aromatic N) is 2. The topological polar surface area (TPSA) is 77.8 Å². The molecule has 5 nitrogen and oxygen atoms in total. The van der Waals surface area contributed by atoms with Crippen LogP contribution in [0.2, 0.25) is 0 Å². The summed E-state index contributed by atoms with van der Waals surface area (Å²) < 4.78 is 52.2. The van der Waals surface area contributed by atoms with Crippen molar-refractivity contribution in [2.45, 2.75) is 24.6 Å². The van der Waals surface area contributed by atoms with Gasteiger partial charge in [-0.15, -0.1) is 0 Å². The highest BCUT2D eigenvalue weighted by Crippen LogP contribution is 2.32. The molecule has 9 heteroatoms. The number of pyridine rings is 1. The summed E-state index contributed by atoms with van der Waals surface area (Å²) in [6.07, 6.45) is -2.97. The number of aromatic nitrogens is 1. The van der Waals surface area contributed by atoms with Crippen molar-refractivity contribution < 1.29 is 22.4 Å². The molecular formula is C25H22F4N4O. The Labute approximate surface area is 194 Å². The molecule has 1 aromatic heterocycles. The van der Waals surface area contributed by atoms with Gasteiger partial charge < -0.3 is 10.6 Å². The van der Waals surface area contributed by atoms with Crippen molar-refractivity contribution in [3.63, 3.8) is 0 Å². The molecule has 3 aromatic rings. The number of amides is 1. The maximum absolute atomic E-state index is 13.3. The Bertz CT molecular complexity index is 1160. The number of hydrogen-bond acceptors (Lipinski definition) is 4. The summed E-state index contributed by atoms with van der Waals surface area (Å²) in [4.78, 5) is 16.0. The van der Waals surface area contributed by atoms with Crippen molar-refractivity contribution in [3.05, 3.63) is 101 Å². The van der Waals surface area contributed by atoms with Gasteiger partial charge in [0.05, 0.1) is 11.6 Å². The number of rotatable bonds is 8. The Kier molecular flexibility index (Phi) is 7.97. The molecule has 0 saturated carbocycles. The van der Waals surface area contributed by atoms with Gasteiger partial charge in [-0.2, -0.15) is 18.4 Å². The van der Waals surface area contributed by atoms with Crippen LogP contribution in [0.25, 0.3) is 0 Å². The van der Waals surface area contributed by atoms with Crippen LogP contribution in [0.15, 0.2) is 66.9 Å². The monoisotopic (exact) mass is 470 g/mol. The van der Waals surface area contributed by atoms with Crippen LogP contribution in [0.3, 0.4) is 0 Å². The van der Waals surface area contributed by atoms with Crippen LogP contribution >= 0.6 is 0 Å². The molecule has 1 heterocycles. The molecule has 0 saturated heterocycles. The molecule has 0 unspecified atom stereocenters. The van der Waals surface area contributed by atoms with Gasteiger partial charge in [-0.1, -0.05) is 30.3 Å². The lowest BCUT2D eigenvalue weighted by Crippen LogP contribution is -2.36. The minimum Gasteiger partial charge on any atom is -0.358 e. The van der Waals surface area contributed by atoms with Crippen LogP contribution in [0, 0.1) is 17.1 Å².